The number of ether oxygens (including phenoxy) is 2. The molecule has 0 spiro atoms. The van der Waals surface area contributed by atoms with Gasteiger partial charge < -0.3 is 14.8 Å². The van der Waals surface area contributed by atoms with Crippen LogP contribution in [0, 0.1) is 0 Å². The first-order valence-electron chi connectivity index (χ1n) is 7.63. The Kier molecular flexibility index (Phi) is 6.96. The molecule has 4 nitrogen and oxygen atoms in total. The van der Waals surface area contributed by atoms with Crippen LogP contribution in [0.2, 0.25) is 0 Å². The normalized spacial score (nSPS) is 19.7. The first-order chi connectivity index (χ1) is 10.2. The highest BCUT2D eigenvalue weighted by Crippen LogP contribution is 2.25. The second-order valence-electron chi connectivity index (χ2n) is 5.39. The van der Waals surface area contributed by atoms with Gasteiger partial charge in [-0.2, -0.15) is 0 Å². The molecule has 0 saturated carbocycles. The lowest BCUT2D eigenvalue weighted by Crippen LogP contribution is -2.48. The van der Waals surface area contributed by atoms with Gasteiger partial charge in [-0.15, -0.1) is 0 Å². The molecule has 1 fully saturated rings. The molecule has 0 aromatic heterocycles. The van der Waals surface area contributed by atoms with Crippen molar-refractivity contribution >= 4 is 15.9 Å². The van der Waals surface area contributed by atoms with Crippen molar-refractivity contribution in [2.24, 2.45) is 0 Å². The van der Waals surface area contributed by atoms with Crippen LogP contribution in [-0.4, -0.2) is 50.4 Å². The smallest absolute Gasteiger partial charge is 0.123 e. The van der Waals surface area contributed by atoms with Gasteiger partial charge in [-0.05, 0) is 32.0 Å². The molecule has 1 aliphatic heterocycles. The maximum absolute atomic E-state index is 5.87. The summed E-state index contributed by atoms with van der Waals surface area (Å²) in [5.74, 6) is 0.962. The molecular weight excluding hydrogens is 332 g/mol. The molecule has 1 saturated heterocycles. The third-order valence-electron chi connectivity index (χ3n) is 3.56. The van der Waals surface area contributed by atoms with Crippen LogP contribution in [0.25, 0.3) is 0 Å². The zero-order chi connectivity index (χ0) is 15.1. The molecule has 1 aromatic rings. The molecule has 0 unspecified atom stereocenters. The molecule has 1 aliphatic rings. The van der Waals surface area contributed by atoms with Gasteiger partial charge in [0.15, 0.2) is 0 Å². The molecule has 0 aliphatic carbocycles. The Bertz CT molecular complexity index is 442. The van der Waals surface area contributed by atoms with E-state index in [2.05, 4.69) is 39.1 Å². The van der Waals surface area contributed by atoms with Crippen LogP contribution in [0.5, 0.6) is 5.75 Å². The third kappa shape index (κ3) is 5.58. The first-order valence-corrected chi connectivity index (χ1v) is 8.43. The van der Waals surface area contributed by atoms with Crippen molar-refractivity contribution in [3.63, 3.8) is 0 Å². The second kappa shape index (κ2) is 8.73. The fourth-order valence-electron chi connectivity index (χ4n) is 2.56. The molecular formula is C16H25BrN2O2. The fraction of sp³-hybridized carbons (Fsp3) is 0.625. The molecule has 0 bridgehead atoms. The Balaban J connectivity index is 1.97. The summed E-state index contributed by atoms with van der Waals surface area (Å²) in [4.78, 5) is 2.47. The number of nitrogens with one attached hydrogen (secondary N) is 1. The average molecular weight is 357 g/mol. The van der Waals surface area contributed by atoms with E-state index in [1.807, 2.05) is 19.1 Å². The van der Waals surface area contributed by atoms with Crippen molar-refractivity contribution in [3.8, 4) is 5.75 Å². The lowest BCUT2D eigenvalue weighted by atomic mass is 10.1. The quantitative estimate of drug-likeness (QED) is 0.761. The van der Waals surface area contributed by atoms with Crippen molar-refractivity contribution in [2.75, 3.05) is 39.5 Å². The van der Waals surface area contributed by atoms with Crippen LogP contribution in [0.1, 0.15) is 19.4 Å². The number of nitrogens with zero attached hydrogens (tertiary/aromatic N) is 1. The predicted octanol–water partition coefficient (Wildman–Crippen LogP) is 2.66. The highest BCUT2D eigenvalue weighted by Gasteiger charge is 2.17. The van der Waals surface area contributed by atoms with Crippen molar-refractivity contribution in [1.82, 2.24) is 10.2 Å². The Morgan fingerprint density at radius 3 is 3.00 bits per heavy atom. The minimum absolute atomic E-state index is 0.549. The number of halogens is 1. The highest BCUT2D eigenvalue weighted by molar-refractivity contribution is 9.10. The predicted molar refractivity (Wildman–Crippen MR) is 88.9 cm³/mol. The molecule has 0 radical (unpaired) electrons. The van der Waals surface area contributed by atoms with Gasteiger partial charge in [0.1, 0.15) is 12.4 Å². The maximum atomic E-state index is 5.87. The largest absolute Gasteiger partial charge is 0.491 e. The summed E-state index contributed by atoms with van der Waals surface area (Å²) in [6, 6.07) is 6.77. The topological polar surface area (TPSA) is 33.7 Å². The molecule has 0 amide bonds. The second-order valence-corrected chi connectivity index (χ2v) is 6.30. The van der Waals surface area contributed by atoms with E-state index >= 15 is 0 Å². The summed E-state index contributed by atoms with van der Waals surface area (Å²) in [6.07, 6.45) is 0. The standard InChI is InChI=1S/C16H25BrN2O2/c1-3-20-8-9-21-16-5-4-15(17)10-14(16)12-19-7-6-18-13(2)11-19/h4-5,10,13,18H,3,6-9,11-12H2,1-2H3/t13-/m1/s1. The molecule has 1 atom stereocenters. The number of hydrogen-bond donors (Lipinski definition) is 1. The number of hydrogen-bond acceptors (Lipinski definition) is 4. The molecule has 5 heteroatoms. The van der Waals surface area contributed by atoms with Crippen molar-refractivity contribution in [3.05, 3.63) is 28.2 Å². The molecule has 118 valence electrons. The van der Waals surface area contributed by atoms with Crippen LogP contribution in [0.3, 0.4) is 0 Å². The Labute approximate surface area is 135 Å². The molecule has 21 heavy (non-hydrogen) atoms. The lowest BCUT2D eigenvalue weighted by Gasteiger charge is -2.32. The van der Waals surface area contributed by atoms with Crippen LogP contribution < -0.4 is 10.1 Å². The van der Waals surface area contributed by atoms with Gasteiger partial charge in [0.25, 0.3) is 0 Å². The van der Waals surface area contributed by atoms with Gasteiger partial charge in [0, 0.05) is 48.9 Å². The Hall–Kier alpha value is -0.620. The van der Waals surface area contributed by atoms with Crippen molar-refractivity contribution < 1.29 is 9.47 Å². The lowest BCUT2D eigenvalue weighted by molar-refractivity contribution is 0.109. The number of rotatable bonds is 7. The van der Waals surface area contributed by atoms with E-state index in [-0.39, 0.29) is 0 Å². The van der Waals surface area contributed by atoms with E-state index in [0.717, 1.165) is 43.0 Å². The molecule has 1 heterocycles. The summed E-state index contributed by atoms with van der Waals surface area (Å²) >= 11 is 3.55. The number of piperazine rings is 1. The van der Waals surface area contributed by atoms with Gasteiger partial charge in [0.05, 0.1) is 6.61 Å². The van der Waals surface area contributed by atoms with E-state index in [1.54, 1.807) is 0 Å². The maximum Gasteiger partial charge on any atom is 0.123 e. The summed E-state index contributed by atoms with van der Waals surface area (Å²) in [7, 11) is 0. The summed E-state index contributed by atoms with van der Waals surface area (Å²) in [6.45, 7) is 10.3. The van der Waals surface area contributed by atoms with Crippen molar-refractivity contribution in [2.45, 2.75) is 26.4 Å². The van der Waals surface area contributed by atoms with Crippen molar-refractivity contribution in [1.29, 1.82) is 0 Å². The van der Waals surface area contributed by atoms with Crippen LogP contribution >= 0.6 is 15.9 Å². The van der Waals surface area contributed by atoms with E-state index < -0.39 is 0 Å². The van der Waals surface area contributed by atoms with Gasteiger partial charge in [-0.25, -0.2) is 0 Å². The third-order valence-corrected chi connectivity index (χ3v) is 4.05. The zero-order valence-electron chi connectivity index (χ0n) is 12.9. The van der Waals surface area contributed by atoms with Gasteiger partial charge in [-0.1, -0.05) is 15.9 Å². The van der Waals surface area contributed by atoms with E-state index in [4.69, 9.17) is 9.47 Å². The SMILES string of the molecule is CCOCCOc1ccc(Br)cc1CN1CCN[C@H](C)C1. The molecule has 1 aromatic carbocycles. The van der Waals surface area contributed by atoms with Gasteiger partial charge in [-0.3, -0.25) is 4.90 Å². The minimum Gasteiger partial charge on any atom is -0.491 e. The van der Waals surface area contributed by atoms with E-state index in [9.17, 15) is 0 Å². The summed E-state index contributed by atoms with van der Waals surface area (Å²) in [5, 5.41) is 3.47. The van der Waals surface area contributed by atoms with Gasteiger partial charge in [0.2, 0.25) is 0 Å². The molecule has 2 rings (SSSR count). The number of benzene rings is 1. The molecule has 1 N–H and O–H groups in total. The highest BCUT2D eigenvalue weighted by atomic mass is 79.9. The summed E-state index contributed by atoms with van der Waals surface area (Å²) in [5.41, 5.74) is 1.23. The Morgan fingerprint density at radius 1 is 1.38 bits per heavy atom. The minimum atomic E-state index is 0.549. The average Bonchev–Trinajstić information content (AvgIpc) is 2.45. The van der Waals surface area contributed by atoms with Crippen LogP contribution in [-0.2, 0) is 11.3 Å². The van der Waals surface area contributed by atoms with E-state index in [1.165, 1.54) is 5.56 Å². The van der Waals surface area contributed by atoms with Gasteiger partial charge >= 0.3 is 0 Å². The van der Waals surface area contributed by atoms with Crippen LogP contribution in [0.4, 0.5) is 0 Å². The Morgan fingerprint density at radius 2 is 2.24 bits per heavy atom. The monoisotopic (exact) mass is 356 g/mol. The van der Waals surface area contributed by atoms with E-state index in [0.29, 0.717) is 19.3 Å². The van der Waals surface area contributed by atoms with Crippen LogP contribution in [0.15, 0.2) is 22.7 Å². The first kappa shape index (κ1) is 16.7. The zero-order valence-corrected chi connectivity index (χ0v) is 14.5. The summed E-state index contributed by atoms with van der Waals surface area (Å²) < 4.78 is 12.3. The fourth-order valence-corrected chi connectivity index (χ4v) is 2.97.